The summed E-state index contributed by atoms with van der Waals surface area (Å²) in [6.45, 7) is -1.47. The van der Waals surface area contributed by atoms with E-state index in [0.29, 0.717) is 16.9 Å². The lowest BCUT2D eigenvalue weighted by atomic mass is 10.0. The fourth-order valence-corrected chi connectivity index (χ4v) is 7.51. The number of ether oxygens (including phenoxy) is 2. The lowest BCUT2D eigenvalue weighted by Gasteiger charge is -2.25. The summed E-state index contributed by atoms with van der Waals surface area (Å²) < 4.78 is 60.0. The predicted molar refractivity (Wildman–Crippen MR) is 147 cm³/mol. The van der Waals surface area contributed by atoms with Crippen molar-refractivity contribution in [3.8, 4) is 0 Å². The van der Waals surface area contributed by atoms with Crippen LogP contribution in [0.4, 0.5) is 11.6 Å². The number of aliphatic hydroxyl groups excluding tert-OH is 2. The highest BCUT2D eigenvalue weighted by atomic mass is 31.2. The molecule has 7 rings (SSSR count). The van der Waals surface area contributed by atoms with E-state index in [4.69, 9.17) is 39.0 Å². The monoisotopic (exact) mass is 672 g/mol. The summed E-state index contributed by atoms with van der Waals surface area (Å²) in [4.78, 5) is 52.4. The zero-order valence-corrected chi connectivity index (χ0v) is 24.5. The zero-order chi connectivity index (χ0) is 31.8. The topological polar surface area (TPSA) is 311 Å². The van der Waals surface area contributed by atoms with Gasteiger partial charge in [0.15, 0.2) is 17.4 Å². The number of anilines is 2. The molecule has 0 amide bonds. The number of nitrogens with one attached hydrogen (secondary N) is 1. The van der Waals surface area contributed by atoms with Crippen LogP contribution in [0, 0.1) is 0 Å². The molecule has 10 atom stereocenters. The van der Waals surface area contributed by atoms with Crippen LogP contribution in [0.3, 0.4) is 0 Å². The van der Waals surface area contributed by atoms with Gasteiger partial charge in [-0.15, -0.1) is 0 Å². The molecule has 7 heterocycles. The molecular weight excluding hydrogens is 646 g/mol. The van der Waals surface area contributed by atoms with E-state index < -0.39 is 83.4 Å². The fourth-order valence-electron chi connectivity index (χ4n) is 5.61. The number of nitrogens with two attached hydrogens (primary N) is 2. The van der Waals surface area contributed by atoms with Gasteiger partial charge in [0.25, 0.3) is 5.56 Å². The maximum atomic E-state index is 13.2. The maximum Gasteiger partial charge on any atom is 0.472 e. The molecule has 2 unspecified atom stereocenters. The van der Waals surface area contributed by atoms with Crippen LogP contribution in [0.15, 0.2) is 28.4 Å². The number of hydrogen-bond acceptors (Lipinski definition) is 17. The number of nitrogen functional groups attached to an aromatic ring is 2. The number of pyridine rings is 1. The van der Waals surface area contributed by atoms with Crippen molar-refractivity contribution < 1.29 is 56.7 Å². The van der Waals surface area contributed by atoms with Crippen molar-refractivity contribution in [1.29, 1.82) is 0 Å². The number of fused-ring (bicyclic) bond motifs is 5. The van der Waals surface area contributed by atoms with Crippen LogP contribution in [0.1, 0.15) is 17.5 Å². The number of aliphatic hydroxyl groups is 2. The first-order valence-electron chi connectivity index (χ1n) is 13.3. The molecule has 21 nitrogen and oxygen atoms in total. The minimum Gasteiger partial charge on any atom is -0.398 e. The number of hydrogen-bond donors (Lipinski definition) is 7. The highest BCUT2D eigenvalue weighted by Crippen LogP contribution is 2.53. The fraction of sp³-hybridized carbons (Fsp3) is 0.500. The van der Waals surface area contributed by atoms with Crippen molar-refractivity contribution in [1.82, 2.24) is 24.5 Å². The Morgan fingerprint density at radius 1 is 0.978 bits per heavy atom. The zero-order valence-electron chi connectivity index (χ0n) is 22.7. The third kappa shape index (κ3) is 5.39. The molecular formula is C22H26N8O13P2. The molecule has 3 aromatic heterocycles. The molecule has 0 spiro atoms. The molecule has 2 bridgehead atoms. The summed E-state index contributed by atoms with van der Waals surface area (Å²) in [5.41, 5.74) is 12.2. The van der Waals surface area contributed by atoms with Crippen LogP contribution in [-0.2, 0) is 43.2 Å². The lowest BCUT2D eigenvalue weighted by molar-refractivity contribution is -0.0628. The first-order valence-corrected chi connectivity index (χ1v) is 16.3. The average molecular weight is 672 g/mol. The molecule has 3 saturated heterocycles. The third-order valence-corrected chi connectivity index (χ3v) is 9.67. The number of imidazole rings is 1. The third-order valence-electron chi connectivity index (χ3n) is 7.70. The van der Waals surface area contributed by atoms with Crippen LogP contribution in [0.2, 0.25) is 0 Å². The molecule has 4 aliphatic rings. The molecule has 45 heavy (non-hydrogen) atoms. The first-order chi connectivity index (χ1) is 21.3. The van der Waals surface area contributed by atoms with E-state index in [1.54, 1.807) is 6.07 Å². The summed E-state index contributed by atoms with van der Waals surface area (Å²) in [6, 6.07) is 1.58. The van der Waals surface area contributed by atoms with Crippen LogP contribution < -0.4 is 17.0 Å². The van der Waals surface area contributed by atoms with Crippen LogP contribution in [0.5, 0.6) is 0 Å². The van der Waals surface area contributed by atoms with E-state index in [-0.39, 0.29) is 29.4 Å². The van der Waals surface area contributed by atoms with Crippen LogP contribution >= 0.6 is 15.6 Å². The molecule has 0 aromatic carbocycles. The Morgan fingerprint density at radius 2 is 1.69 bits per heavy atom. The van der Waals surface area contributed by atoms with Gasteiger partial charge in [-0.25, -0.2) is 14.1 Å². The normalized spacial score (nSPS) is 38.6. The summed E-state index contributed by atoms with van der Waals surface area (Å²) >= 11 is 0. The van der Waals surface area contributed by atoms with Crippen molar-refractivity contribution in [3.63, 3.8) is 0 Å². The van der Waals surface area contributed by atoms with Crippen molar-refractivity contribution in [3.05, 3.63) is 40.2 Å². The second kappa shape index (κ2) is 11.0. The second-order valence-electron chi connectivity index (χ2n) is 10.5. The number of aromatic nitrogens is 5. The summed E-state index contributed by atoms with van der Waals surface area (Å²) in [5, 5.41) is 22.2. The molecule has 0 saturated carbocycles. The van der Waals surface area contributed by atoms with E-state index in [1.165, 1.54) is 6.20 Å². The largest absolute Gasteiger partial charge is 0.472 e. The van der Waals surface area contributed by atoms with Crippen LogP contribution in [0.25, 0.3) is 11.2 Å². The van der Waals surface area contributed by atoms with Gasteiger partial charge >= 0.3 is 15.6 Å². The molecule has 242 valence electrons. The molecule has 3 fully saturated rings. The van der Waals surface area contributed by atoms with Gasteiger partial charge in [-0.2, -0.15) is 4.98 Å². The number of nitrogens with zero attached hydrogens (tertiary/aromatic N) is 5. The molecule has 0 aliphatic carbocycles. The Kier molecular flexibility index (Phi) is 7.43. The minimum atomic E-state index is -5.10. The van der Waals surface area contributed by atoms with Gasteiger partial charge in [0.05, 0.1) is 37.5 Å². The summed E-state index contributed by atoms with van der Waals surface area (Å²) in [6.07, 6.45) is -9.87. The van der Waals surface area contributed by atoms with E-state index in [0.717, 1.165) is 10.9 Å². The van der Waals surface area contributed by atoms with Gasteiger partial charge in [-0.1, -0.05) is 0 Å². The minimum absolute atomic E-state index is 0.121. The SMILES string of the molecule is Nc1nc2c(ncn2[C@@H]2O[C@@H]3COP(=O)(O)O[C@H]4[C@@H](O)[C@H](C5=NCc6c(N)ccnc65)O[C@@H]4COP(=O)(O)O[C@@H]2[C@@H]3O)c(=O)[nH]1. The molecule has 23 heteroatoms. The van der Waals surface area contributed by atoms with Gasteiger partial charge < -0.3 is 40.9 Å². The van der Waals surface area contributed by atoms with Gasteiger partial charge in [0, 0.05) is 17.4 Å². The maximum absolute atomic E-state index is 13.2. The Bertz CT molecular complexity index is 1850. The Hall–Kier alpha value is -3.17. The Balaban J connectivity index is 1.19. The van der Waals surface area contributed by atoms with E-state index in [9.17, 15) is 33.9 Å². The van der Waals surface area contributed by atoms with Gasteiger partial charge in [0.1, 0.15) is 42.7 Å². The highest BCUT2D eigenvalue weighted by Gasteiger charge is 2.54. The number of phosphoric ester groups is 2. The lowest BCUT2D eigenvalue weighted by Crippen LogP contribution is -2.39. The number of H-pyrrole nitrogens is 1. The first kappa shape index (κ1) is 30.5. The van der Waals surface area contributed by atoms with Gasteiger partial charge in [-0.05, 0) is 6.07 Å². The summed E-state index contributed by atoms with van der Waals surface area (Å²) in [7, 11) is -10.1. The molecule has 4 aliphatic heterocycles. The Labute approximate surface area is 251 Å². The van der Waals surface area contributed by atoms with Crippen molar-refractivity contribution in [2.75, 3.05) is 24.7 Å². The summed E-state index contributed by atoms with van der Waals surface area (Å²) in [5.74, 6) is -0.278. The average Bonchev–Trinajstić information content (AvgIpc) is 3.72. The molecule has 3 aromatic rings. The van der Waals surface area contributed by atoms with Gasteiger partial charge in [0.2, 0.25) is 5.95 Å². The van der Waals surface area contributed by atoms with Crippen molar-refractivity contribution in [2.24, 2.45) is 4.99 Å². The highest BCUT2D eigenvalue weighted by molar-refractivity contribution is 7.47. The quantitative estimate of drug-likeness (QED) is 0.146. The van der Waals surface area contributed by atoms with Crippen LogP contribution in [-0.4, -0.2) is 106 Å². The smallest absolute Gasteiger partial charge is 0.398 e. The number of aromatic amines is 1. The molecule has 0 radical (unpaired) electrons. The van der Waals surface area contributed by atoms with Gasteiger partial charge in [-0.3, -0.25) is 42.4 Å². The van der Waals surface area contributed by atoms with E-state index >= 15 is 0 Å². The van der Waals surface area contributed by atoms with Crippen molar-refractivity contribution in [2.45, 2.75) is 55.5 Å². The number of rotatable bonds is 2. The Morgan fingerprint density at radius 3 is 2.44 bits per heavy atom. The predicted octanol–water partition coefficient (Wildman–Crippen LogP) is -1.91. The van der Waals surface area contributed by atoms with E-state index in [2.05, 4.69) is 24.9 Å². The number of aliphatic imine (C=N–C) groups is 1. The molecule has 9 N–H and O–H groups in total. The van der Waals surface area contributed by atoms with Crippen molar-refractivity contribution >= 4 is 44.2 Å². The standard InChI is InChI=1S/C22H26N8O13P2/c23-8-1-2-25-11-7(8)3-26-12(11)17-15(32)16-10(40-17)5-39-45(36,37)43-18-14(31)9(4-38-44(34,35)42-16)41-21(18)30-6-27-13-19(30)28-22(24)29-20(13)33/h1-2,6,9-10,14-18,21,31-32H,3-5H2,(H2,23,25)(H,34,35)(H,36,37)(H3,24,28,29,33)/t9-,10-,14-,15-,16-,17+,18-,21-/m1/s1. The number of phosphoric acid groups is 2. The second-order valence-corrected chi connectivity index (χ2v) is 13.3. The van der Waals surface area contributed by atoms with E-state index in [1.807, 2.05) is 0 Å².